The van der Waals surface area contributed by atoms with E-state index in [1.165, 1.54) is 0 Å². The quantitative estimate of drug-likeness (QED) is 0.657. The molecule has 8 heteroatoms. The summed E-state index contributed by atoms with van der Waals surface area (Å²) in [7, 11) is 1.61. The topological polar surface area (TPSA) is 95.7 Å². The fraction of sp³-hybridized carbons (Fsp3) is 0.286. The summed E-state index contributed by atoms with van der Waals surface area (Å²) in [5, 5.41) is 6.75. The van der Waals surface area contributed by atoms with Gasteiger partial charge in [0, 0.05) is 12.0 Å². The Balaban J connectivity index is 1.27. The number of methoxy groups -OCH3 is 1. The second kappa shape index (κ2) is 8.64. The number of hydrogen-bond acceptors (Lipinski definition) is 7. The average molecular weight is 395 g/mol. The predicted molar refractivity (Wildman–Crippen MR) is 104 cm³/mol. The Bertz CT molecular complexity index is 984. The molecule has 4 rings (SSSR count). The number of aryl methyl sites for hydroxylation is 1. The Kier molecular flexibility index (Phi) is 5.60. The summed E-state index contributed by atoms with van der Waals surface area (Å²) < 4.78 is 21.4. The number of nitrogens with one attached hydrogen (secondary N) is 1. The van der Waals surface area contributed by atoms with E-state index in [-0.39, 0.29) is 12.5 Å². The number of aromatic nitrogens is 2. The Hall–Kier alpha value is -3.55. The van der Waals surface area contributed by atoms with Gasteiger partial charge in [0.05, 0.1) is 13.7 Å². The Morgan fingerprint density at radius 3 is 2.69 bits per heavy atom. The van der Waals surface area contributed by atoms with E-state index in [0.717, 1.165) is 28.4 Å². The lowest BCUT2D eigenvalue weighted by molar-refractivity contribution is -0.121. The normalized spacial score (nSPS) is 12.4. The minimum absolute atomic E-state index is 0.0934. The van der Waals surface area contributed by atoms with E-state index in [0.29, 0.717) is 37.8 Å². The van der Waals surface area contributed by atoms with E-state index in [4.69, 9.17) is 18.7 Å². The first kappa shape index (κ1) is 18.8. The molecular weight excluding hydrogens is 374 g/mol. The van der Waals surface area contributed by atoms with Gasteiger partial charge in [0.25, 0.3) is 0 Å². The van der Waals surface area contributed by atoms with Crippen molar-refractivity contribution < 1.29 is 23.5 Å². The SMILES string of the molecule is COc1ccc(-c2noc(CNC(=O)CCc3ccc4c(c3)OCCO4)n2)cc1. The van der Waals surface area contributed by atoms with Gasteiger partial charge in [-0.15, -0.1) is 0 Å². The van der Waals surface area contributed by atoms with Gasteiger partial charge in [-0.2, -0.15) is 4.98 Å². The average Bonchev–Trinajstić information content (AvgIpc) is 3.25. The molecule has 3 aromatic rings. The van der Waals surface area contributed by atoms with E-state index in [9.17, 15) is 4.79 Å². The van der Waals surface area contributed by atoms with Crippen molar-refractivity contribution in [1.29, 1.82) is 0 Å². The summed E-state index contributed by atoms with van der Waals surface area (Å²) in [6, 6.07) is 13.1. The van der Waals surface area contributed by atoms with Crippen LogP contribution in [0.5, 0.6) is 17.2 Å². The van der Waals surface area contributed by atoms with E-state index in [1.807, 2.05) is 42.5 Å². The number of carbonyl (C=O) groups excluding carboxylic acids is 1. The van der Waals surface area contributed by atoms with Crippen molar-refractivity contribution in [2.75, 3.05) is 20.3 Å². The Morgan fingerprint density at radius 1 is 1.10 bits per heavy atom. The third-order valence-corrected chi connectivity index (χ3v) is 4.50. The highest BCUT2D eigenvalue weighted by atomic mass is 16.6. The molecule has 0 unspecified atom stereocenters. The van der Waals surface area contributed by atoms with Crippen LogP contribution in [0.4, 0.5) is 0 Å². The zero-order valence-corrected chi connectivity index (χ0v) is 16.0. The molecule has 150 valence electrons. The van der Waals surface area contributed by atoms with Crippen molar-refractivity contribution in [3.63, 3.8) is 0 Å². The van der Waals surface area contributed by atoms with Gasteiger partial charge in [-0.3, -0.25) is 4.79 Å². The first-order chi connectivity index (χ1) is 14.2. The highest BCUT2D eigenvalue weighted by Gasteiger charge is 2.13. The van der Waals surface area contributed by atoms with Gasteiger partial charge in [-0.1, -0.05) is 11.2 Å². The molecule has 0 saturated carbocycles. The highest BCUT2D eigenvalue weighted by Crippen LogP contribution is 2.31. The minimum atomic E-state index is -0.0934. The lowest BCUT2D eigenvalue weighted by atomic mass is 10.1. The van der Waals surface area contributed by atoms with Crippen LogP contribution in [0, 0.1) is 0 Å². The summed E-state index contributed by atoms with van der Waals surface area (Å²) in [5.41, 5.74) is 1.83. The lowest BCUT2D eigenvalue weighted by Gasteiger charge is -2.18. The molecule has 1 aliphatic rings. The maximum Gasteiger partial charge on any atom is 0.246 e. The first-order valence-electron chi connectivity index (χ1n) is 9.33. The molecule has 29 heavy (non-hydrogen) atoms. The zero-order valence-electron chi connectivity index (χ0n) is 16.0. The van der Waals surface area contributed by atoms with E-state index < -0.39 is 0 Å². The smallest absolute Gasteiger partial charge is 0.246 e. The van der Waals surface area contributed by atoms with Crippen LogP contribution in [-0.4, -0.2) is 36.4 Å². The van der Waals surface area contributed by atoms with Gasteiger partial charge < -0.3 is 24.1 Å². The maximum atomic E-state index is 12.2. The van der Waals surface area contributed by atoms with Crippen molar-refractivity contribution in [2.45, 2.75) is 19.4 Å². The molecule has 1 aromatic heterocycles. The number of hydrogen-bond donors (Lipinski definition) is 1. The molecule has 0 radical (unpaired) electrons. The largest absolute Gasteiger partial charge is 0.497 e. The third-order valence-electron chi connectivity index (χ3n) is 4.50. The summed E-state index contributed by atoms with van der Waals surface area (Å²) in [5.74, 6) is 2.95. The molecule has 1 amide bonds. The van der Waals surface area contributed by atoms with E-state index in [1.54, 1.807) is 7.11 Å². The van der Waals surface area contributed by atoms with E-state index in [2.05, 4.69) is 15.5 Å². The van der Waals surface area contributed by atoms with Crippen LogP contribution >= 0.6 is 0 Å². The molecule has 0 atom stereocenters. The molecule has 0 aliphatic carbocycles. The van der Waals surface area contributed by atoms with Crippen LogP contribution in [0.3, 0.4) is 0 Å². The molecule has 0 saturated heterocycles. The van der Waals surface area contributed by atoms with Crippen LogP contribution in [0.2, 0.25) is 0 Å². The fourth-order valence-corrected chi connectivity index (χ4v) is 2.95. The van der Waals surface area contributed by atoms with Crippen molar-refractivity contribution in [2.24, 2.45) is 0 Å². The summed E-state index contributed by atoms with van der Waals surface area (Å²) in [6.45, 7) is 1.29. The van der Waals surface area contributed by atoms with Gasteiger partial charge >= 0.3 is 0 Å². The van der Waals surface area contributed by atoms with Crippen molar-refractivity contribution in [3.05, 3.63) is 53.9 Å². The molecule has 1 N–H and O–H groups in total. The third kappa shape index (κ3) is 4.66. The van der Waals surface area contributed by atoms with Gasteiger partial charge in [0.1, 0.15) is 19.0 Å². The molecular formula is C21H21N3O5. The van der Waals surface area contributed by atoms with Gasteiger partial charge in [0.2, 0.25) is 17.6 Å². The van der Waals surface area contributed by atoms with Crippen LogP contribution in [0.25, 0.3) is 11.4 Å². The lowest BCUT2D eigenvalue weighted by Crippen LogP contribution is -2.23. The molecule has 2 aromatic carbocycles. The first-order valence-corrected chi connectivity index (χ1v) is 9.33. The molecule has 0 bridgehead atoms. The predicted octanol–water partition coefficient (Wildman–Crippen LogP) is 2.77. The summed E-state index contributed by atoms with van der Waals surface area (Å²) in [4.78, 5) is 16.5. The molecule has 8 nitrogen and oxygen atoms in total. The highest BCUT2D eigenvalue weighted by molar-refractivity contribution is 5.76. The number of fused-ring (bicyclic) bond motifs is 1. The monoisotopic (exact) mass is 395 g/mol. The number of rotatable bonds is 7. The van der Waals surface area contributed by atoms with Crippen molar-refractivity contribution >= 4 is 5.91 Å². The molecule has 2 heterocycles. The van der Waals surface area contributed by atoms with Crippen LogP contribution < -0.4 is 19.5 Å². The Labute approximate surface area is 167 Å². The maximum absolute atomic E-state index is 12.2. The van der Waals surface area contributed by atoms with Crippen LogP contribution in [-0.2, 0) is 17.8 Å². The van der Waals surface area contributed by atoms with Gasteiger partial charge in [0.15, 0.2) is 11.5 Å². The van der Waals surface area contributed by atoms with Crippen LogP contribution in [0.1, 0.15) is 17.9 Å². The fourth-order valence-electron chi connectivity index (χ4n) is 2.95. The molecule has 1 aliphatic heterocycles. The Morgan fingerprint density at radius 2 is 1.90 bits per heavy atom. The number of carbonyl (C=O) groups is 1. The summed E-state index contributed by atoms with van der Waals surface area (Å²) in [6.07, 6.45) is 0.947. The minimum Gasteiger partial charge on any atom is -0.497 e. The van der Waals surface area contributed by atoms with Crippen molar-refractivity contribution in [3.8, 4) is 28.6 Å². The van der Waals surface area contributed by atoms with E-state index >= 15 is 0 Å². The molecule has 0 spiro atoms. The number of benzene rings is 2. The summed E-state index contributed by atoms with van der Waals surface area (Å²) >= 11 is 0. The van der Waals surface area contributed by atoms with Crippen molar-refractivity contribution in [1.82, 2.24) is 15.5 Å². The number of ether oxygens (including phenoxy) is 3. The second-order valence-corrected chi connectivity index (χ2v) is 6.49. The van der Waals surface area contributed by atoms with Gasteiger partial charge in [-0.25, -0.2) is 0 Å². The molecule has 0 fully saturated rings. The number of nitrogens with zero attached hydrogens (tertiary/aromatic N) is 2. The zero-order chi connectivity index (χ0) is 20.1. The van der Waals surface area contributed by atoms with Crippen LogP contribution in [0.15, 0.2) is 47.0 Å². The standard InChI is InChI=1S/C21H21N3O5/c1-26-16-6-4-15(5-7-16)21-23-20(29-24-21)13-22-19(25)9-3-14-2-8-17-18(12-14)28-11-10-27-17/h2,4-8,12H,3,9-11,13H2,1H3,(H,22,25). The second-order valence-electron chi connectivity index (χ2n) is 6.49. The van der Waals surface area contributed by atoms with Gasteiger partial charge in [-0.05, 0) is 48.4 Å². The number of amides is 1.